The predicted molar refractivity (Wildman–Crippen MR) is 82.1 cm³/mol. The zero-order chi connectivity index (χ0) is 14.9. The van der Waals surface area contributed by atoms with Crippen LogP contribution in [0.4, 0.5) is 0 Å². The largest absolute Gasteiger partial charge is 0.375 e. The van der Waals surface area contributed by atoms with E-state index in [1.807, 2.05) is 35.5 Å². The Kier molecular flexibility index (Phi) is 3.72. The Labute approximate surface area is 130 Å². The normalized spacial score (nSPS) is 28.9. The molecule has 22 heavy (non-hydrogen) atoms. The van der Waals surface area contributed by atoms with Crippen LogP contribution in [0.25, 0.3) is 0 Å². The van der Waals surface area contributed by atoms with Crippen LogP contribution in [-0.4, -0.2) is 49.5 Å². The number of morpholine rings is 1. The Balaban J connectivity index is 1.45. The number of ether oxygens (including phenoxy) is 1. The summed E-state index contributed by atoms with van der Waals surface area (Å²) in [6, 6.07) is 2.51. The smallest absolute Gasteiger partial charge is 0.122 e. The second-order valence-corrected chi connectivity index (χ2v) is 6.39. The van der Waals surface area contributed by atoms with Crippen LogP contribution >= 0.6 is 0 Å². The molecule has 2 aromatic heterocycles. The second kappa shape index (κ2) is 5.85. The van der Waals surface area contributed by atoms with Gasteiger partial charge in [0, 0.05) is 56.9 Å². The number of aryl methyl sites for hydroxylation is 1. The van der Waals surface area contributed by atoms with E-state index in [1.165, 1.54) is 12.8 Å². The number of hydrogen-bond acceptors (Lipinski definition) is 4. The molecule has 6 nitrogen and oxygen atoms in total. The minimum absolute atomic E-state index is 0.332. The highest BCUT2D eigenvalue weighted by Gasteiger charge is 2.42. The maximum atomic E-state index is 6.13. The standard InChI is InChI=1S/C16H23N5O/c1-19-8-6-17-15(19)12-20-9-10-22-16-13(3-4-14(16)20)11-21-7-2-5-18-21/h2,5-8,13-14,16H,3-4,9-12H2,1H3. The number of aromatic nitrogens is 4. The Hall–Kier alpha value is -1.66. The van der Waals surface area contributed by atoms with Crippen molar-refractivity contribution in [2.75, 3.05) is 13.2 Å². The van der Waals surface area contributed by atoms with E-state index < -0.39 is 0 Å². The van der Waals surface area contributed by atoms with E-state index in [0.717, 1.165) is 32.1 Å². The monoisotopic (exact) mass is 301 g/mol. The molecular formula is C16H23N5O. The van der Waals surface area contributed by atoms with Gasteiger partial charge in [0.25, 0.3) is 0 Å². The van der Waals surface area contributed by atoms with E-state index in [1.54, 1.807) is 0 Å². The number of fused-ring (bicyclic) bond motifs is 1. The molecule has 0 aromatic carbocycles. The summed E-state index contributed by atoms with van der Waals surface area (Å²) in [4.78, 5) is 7.03. The number of imidazole rings is 1. The molecule has 0 bridgehead atoms. The quantitative estimate of drug-likeness (QED) is 0.854. The van der Waals surface area contributed by atoms with Crippen molar-refractivity contribution >= 4 is 0 Å². The topological polar surface area (TPSA) is 48.1 Å². The molecule has 2 aromatic rings. The predicted octanol–water partition coefficient (Wildman–Crippen LogP) is 1.30. The molecule has 0 N–H and O–H groups in total. The molecule has 6 heteroatoms. The van der Waals surface area contributed by atoms with Crippen LogP contribution in [0.3, 0.4) is 0 Å². The summed E-state index contributed by atoms with van der Waals surface area (Å²) >= 11 is 0. The molecule has 1 aliphatic heterocycles. The van der Waals surface area contributed by atoms with Crippen LogP contribution < -0.4 is 0 Å². The molecule has 3 unspecified atom stereocenters. The van der Waals surface area contributed by atoms with E-state index >= 15 is 0 Å². The third-order valence-electron chi connectivity index (χ3n) is 5.08. The lowest BCUT2D eigenvalue weighted by Crippen LogP contribution is -2.50. The summed E-state index contributed by atoms with van der Waals surface area (Å²) in [5.41, 5.74) is 0. The molecule has 2 fully saturated rings. The highest BCUT2D eigenvalue weighted by Crippen LogP contribution is 2.36. The highest BCUT2D eigenvalue weighted by atomic mass is 16.5. The molecule has 1 saturated carbocycles. The zero-order valence-corrected chi connectivity index (χ0v) is 13.0. The van der Waals surface area contributed by atoms with Gasteiger partial charge in [0.15, 0.2) is 0 Å². The van der Waals surface area contributed by atoms with Crippen molar-refractivity contribution in [3.05, 3.63) is 36.7 Å². The molecule has 4 rings (SSSR count). The first-order chi connectivity index (χ1) is 10.8. The fourth-order valence-electron chi connectivity index (χ4n) is 3.91. The fraction of sp³-hybridized carbons (Fsp3) is 0.625. The lowest BCUT2D eigenvalue weighted by Gasteiger charge is -2.39. The van der Waals surface area contributed by atoms with E-state index in [0.29, 0.717) is 18.1 Å². The fourth-order valence-corrected chi connectivity index (χ4v) is 3.91. The Morgan fingerprint density at radius 3 is 3.00 bits per heavy atom. The summed E-state index contributed by atoms with van der Waals surface area (Å²) < 4.78 is 10.3. The molecular weight excluding hydrogens is 278 g/mol. The molecule has 118 valence electrons. The lowest BCUT2D eigenvalue weighted by atomic mass is 10.0. The van der Waals surface area contributed by atoms with Gasteiger partial charge >= 0.3 is 0 Å². The Morgan fingerprint density at radius 1 is 1.27 bits per heavy atom. The van der Waals surface area contributed by atoms with E-state index in [9.17, 15) is 0 Å². The van der Waals surface area contributed by atoms with E-state index in [-0.39, 0.29) is 0 Å². The van der Waals surface area contributed by atoms with Crippen LogP contribution in [0.15, 0.2) is 30.9 Å². The molecule has 0 amide bonds. The lowest BCUT2D eigenvalue weighted by molar-refractivity contribution is -0.0798. The van der Waals surface area contributed by atoms with Crippen LogP contribution in [0, 0.1) is 5.92 Å². The van der Waals surface area contributed by atoms with Gasteiger partial charge in [0.1, 0.15) is 5.82 Å². The van der Waals surface area contributed by atoms with Gasteiger partial charge in [-0.05, 0) is 18.9 Å². The van der Waals surface area contributed by atoms with Crippen molar-refractivity contribution in [3.8, 4) is 0 Å². The SMILES string of the molecule is Cn1ccnc1CN1CCOC2C(Cn3cccn3)CCC21. The van der Waals surface area contributed by atoms with Gasteiger partial charge in [-0.1, -0.05) is 0 Å². The van der Waals surface area contributed by atoms with Crippen molar-refractivity contribution in [1.29, 1.82) is 0 Å². The molecule has 0 radical (unpaired) electrons. The van der Waals surface area contributed by atoms with Crippen LogP contribution in [-0.2, 0) is 24.9 Å². The molecule has 3 atom stereocenters. The van der Waals surface area contributed by atoms with Crippen molar-refractivity contribution < 1.29 is 4.74 Å². The molecule has 1 aliphatic carbocycles. The first-order valence-corrected chi connectivity index (χ1v) is 8.10. The first kappa shape index (κ1) is 14.0. The van der Waals surface area contributed by atoms with Crippen molar-refractivity contribution in [2.45, 2.75) is 38.1 Å². The maximum Gasteiger partial charge on any atom is 0.122 e. The average Bonchev–Trinajstić information content (AvgIpc) is 3.24. The Morgan fingerprint density at radius 2 is 2.23 bits per heavy atom. The van der Waals surface area contributed by atoms with Gasteiger partial charge in [-0.25, -0.2) is 4.98 Å². The van der Waals surface area contributed by atoms with Crippen LogP contribution in [0.2, 0.25) is 0 Å². The third-order valence-corrected chi connectivity index (χ3v) is 5.08. The molecule has 1 saturated heterocycles. The number of hydrogen-bond donors (Lipinski definition) is 0. The first-order valence-electron chi connectivity index (χ1n) is 8.10. The van der Waals surface area contributed by atoms with Crippen LogP contribution in [0.1, 0.15) is 18.7 Å². The zero-order valence-electron chi connectivity index (χ0n) is 13.0. The summed E-state index contributed by atoms with van der Waals surface area (Å²) in [5, 5.41) is 4.34. The van der Waals surface area contributed by atoms with Gasteiger partial charge in [-0.15, -0.1) is 0 Å². The van der Waals surface area contributed by atoms with Crippen LogP contribution in [0.5, 0.6) is 0 Å². The van der Waals surface area contributed by atoms with Gasteiger partial charge < -0.3 is 9.30 Å². The van der Waals surface area contributed by atoms with Gasteiger partial charge in [-0.3, -0.25) is 9.58 Å². The summed E-state index contributed by atoms with van der Waals surface area (Å²) in [7, 11) is 2.06. The second-order valence-electron chi connectivity index (χ2n) is 6.39. The molecule has 3 heterocycles. The maximum absolute atomic E-state index is 6.13. The van der Waals surface area contributed by atoms with Gasteiger partial charge in [-0.2, -0.15) is 5.10 Å². The van der Waals surface area contributed by atoms with E-state index in [2.05, 4.69) is 26.6 Å². The minimum Gasteiger partial charge on any atom is -0.375 e. The van der Waals surface area contributed by atoms with Crippen molar-refractivity contribution in [3.63, 3.8) is 0 Å². The Bertz CT molecular complexity index is 608. The minimum atomic E-state index is 0.332. The summed E-state index contributed by atoms with van der Waals surface area (Å²) in [6.45, 7) is 3.71. The highest BCUT2D eigenvalue weighted by molar-refractivity contribution is 4.98. The van der Waals surface area contributed by atoms with Gasteiger partial charge in [0.05, 0.1) is 19.3 Å². The number of rotatable bonds is 4. The average molecular weight is 301 g/mol. The van der Waals surface area contributed by atoms with Crippen molar-refractivity contribution in [1.82, 2.24) is 24.2 Å². The number of nitrogens with zero attached hydrogens (tertiary/aromatic N) is 5. The van der Waals surface area contributed by atoms with Crippen molar-refractivity contribution in [2.24, 2.45) is 13.0 Å². The summed E-state index contributed by atoms with van der Waals surface area (Å²) in [5.74, 6) is 1.70. The van der Waals surface area contributed by atoms with Gasteiger partial charge in [0.2, 0.25) is 0 Å². The van der Waals surface area contributed by atoms with E-state index in [4.69, 9.17) is 4.74 Å². The molecule has 2 aliphatic rings. The third kappa shape index (κ3) is 2.57. The molecule has 0 spiro atoms. The summed E-state index contributed by atoms with van der Waals surface area (Å²) in [6.07, 6.45) is 10.5.